The van der Waals surface area contributed by atoms with Gasteiger partial charge < -0.3 is 19.8 Å². The molecule has 0 saturated carbocycles. The number of benzene rings is 1. The van der Waals surface area contributed by atoms with Gasteiger partial charge in [-0.25, -0.2) is 0 Å². The summed E-state index contributed by atoms with van der Waals surface area (Å²) >= 11 is 5.22. The molecule has 0 saturated heterocycles. The maximum absolute atomic E-state index is 5.52. The van der Waals surface area contributed by atoms with Gasteiger partial charge in [-0.3, -0.25) is 0 Å². The Morgan fingerprint density at radius 3 is 2.70 bits per heavy atom. The quantitative estimate of drug-likeness (QED) is 0.797. The van der Waals surface area contributed by atoms with Crippen molar-refractivity contribution < 1.29 is 9.15 Å². The van der Waals surface area contributed by atoms with Gasteiger partial charge in [0.25, 0.3) is 0 Å². The Bertz CT molecular complexity index is 523. The zero-order chi connectivity index (χ0) is 14.2. The lowest BCUT2D eigenvalue weighted by atomic mass is 10.3. The molecule has 2 N–H and O–H groups in total. The number of rotatable bonds is 6. The number of nitrogens with one attached hydrogen (secondary N) is 2. The second-order valence-corrected chi connectivity index (χ2v) is 4.67. The third-order valence-electron chi connectivity index (χ3n) is 2.59. The zero-order valence-corrected chi connectivity index (χ0v) is 12.2. The summed E-state index contributed by atoms with van der Waals surface area (Å²) in [6.07, 6.45) is 2.64. The molecule has 20 heavy (non-hydrogen) atoms. The second kappa shape index (κ2) is 7.55. The summed E-state index contributed by atoms with van der Waals surface area (Å²) in [5, 5.41) is 6.75. The predicted octanol–water partition coefficient (Wildman–Crippen LogP) is 3.56. The number of furan rings is 1. The van der Waals surface area contributed by atoms with Crippen LogP contribution in [0.15, 0.2) is 47.1 Å². The van der Waals surface area contributed by atoms with E-state index in [-0.39, 0.29) is 0 Å². The molecule has 1 aromatic carbocycles. The fourth-order valence-corrected chi connectivity index (χ4v) is 1.80. The Balaban J connectivity index is 1.78. The van der Waals surface area contributed by atoms with Crippen LogP contribution in [0, 0.1) is 0 Å². The highest BCUT2D eigenvalue weighted by Crippen LogP contribution is 2.15. The van der Waals surface area contributed by atoms with Crippen molar-refractivity contribution in [3.63, 3.8) is 0 Å². The predicted molar refractivity (Wildman–Crippen MR) is 84.0 cm³/mol. The molecule has 2 aromatic rings. The van der Waals surface area contributed by atoms with Crippen LogP contribution in [0.4, 0.5) is 5.69 Å². The van der Waals surface area contributed by atoms with Gasteiger partial charge in [-0.1, -0.05) is 6.92 Å². The van der Waals surface area contributed by atoms with Crippen molar-refractivity contribution in [1.29, 1.82) is 0 Å². The number of hydrogen-bond donors (Lipinski definition) is 2. The topological polar surface area (TPSA) is 46.4 Å². The van der Waals surface area contributed by atoms with Crippen molar-refractivity contribution in [2.75, 3.05) is 11.9 Å². The lowest BCUT2D eigenvalue weighted by Crippen LogP contribution is -2.27. The second-order valence-electron chi connectivity index (χ2n) is 4.26. The molecular weight excluding hydrogens is 272 g/mol. The highest BCUT2D eigenvalue weighted by Gasteiger charge is 2.00. The first-order valence-electron chi connectivity index (χ1n) is 6.58. The zero-order valence-electron chi connectivity index (χ0n) is 11.4. The van der Waals surface area contributed by atoms with Gasteiger partial charge in [0.1, 0.15) is 11.5 Å². The minimum Gasteiger partial charge on any atom is -0.494 e. The van der Waals surface area contributed by atoms with Crippen molar-refractivity contribution in [3.8, 4) is 5.75 Å². The molecule has 1 aromatic heterocycles. The first-order valence-corrected chi connectivity index (χ1v) is 6.99. The first-order chi connectivity index (χ1) is 9.78. The van der Waals surface area contributed by atoms with Gasteiger partial charge in [-0.15, -0.1) is 0 Å². The third-order valence-corrected chi connectivity index (χ3v) is 2.83. The van der Waals surface area contributed by atoms with Crippen molar-refractivity contribution in [1.82, 2.24) is 5.32 Å². The number of ether oxygens (including phenoxy) is 1. The number of thiocarbonyl (C=S) groups is 1. The maximum atomic E-state index is 5.52. The van der Waals surface area contributed by atoms with E-state index < -0.39 is 0 Å². The van der Waals surface area contributed by atoms with Crippen LogP contribution >= 0.6 is 12.2 Å². The molecule has 106 valence electrons. The van der Waals surface area contributed by atoms with Gasteiger partial charge in [0.05, 0.1) is 19.4 Å². The molecule has 0 aliphatic rings. The smallest absolute Gasteiger partial charge is 0.171 e. The molecule has 0 aliphatic heterocycles. The van der Waals surface area contributed by atoms with Gasteiger partial charge in [0, 0.05) is 5.69 Å². The Hall–Kier alpha value is -2.01. The molecule has 0 amide bonds. The Morgan fingerprint density at radius 1 is 1.25 bits per heavy atom. The van der Waals surface area contributed by atoms with Crippen LogP contribution in [0.2, 0.25) is 0 Å². The van der Waals surface area contributed by atoms with Crippen LogP contribution in [-0.2, 0) is 6.54 Å². The molecule has 1 heterocycles. The molecule has 0 aliphatic carbocycles. The van der Waals surface area contributed by atoms with Crippen LogP contribution < -0.4 is 15.4 Å². The number of anilines is 1. The summed E-state index contributed by atoms with van der Waals surface area (Å²) < 4.78 is 10.7. The Morgan fingerprint density at radius 2 is 2.05 bits per heavy atom. The van der Waals surface area contributed by atoms with Crippen LogP contribution in [0.1, 0.15) is 19.1 Å². The molecule has 0 fully saturated rings. The van der Waals surface area contributed by atoms with E-state index in [1.165, 1.54) is 0 Å². The molecular formula is C15H18N2O2S. The van der Waals surface area contributed by atoms with Crippen LogP contribution in [0.5, 0.6) is 5.75 Å². The fourth-order valence-electron chi connectivity index (χ4n) is 1.61. The van der Waals surface area contributed by atoms with E-state index in [2.05, 4.69) is 17.6 Å². The molecule has 0 spiro atoms. The van der Waals surface area contributed by atoms with E-state index in [0.29, 0.717) is 11.7 Å². The summed E-state index contributed by atoms with van der Waals surface area (Å²) in [6.45, 7) is 3.38. The van der Waals surface area contributed by atoms with E-state index in [9.17, 15) is 0 Å². The van der Waals surface area contributed by atoms with Crippen molar-refractivity contribution in [2.24, 2.45) is 0 Å². The molecule has 0 radical (unpaired) electrons. The van der Waals surface area contributed by atoms with Gasteiger partial charge in [-0.05, 0) is 55.0 Å². The summed E-state index contributed by atoms with van der Waals surface area (Å²) in [5.74, 6) is 1.71. The minimum atomic E-state index is 0.559. The standard InChI is InChI=1S/C15H18N2O2S/c1-2-9-18-13-7-5-12(6-8-13)17-15(20)16-11-14-4-3-10-19-14/h3-8,10H,2,9,11H2,1H3,(H2,16,17,20). The van der Waals surface area contributed by atoms with Crippen molar-refractivity contribution in [3.05, 3.63) is 48.4 Å². The minimum absolute atomic E-state index is 0.559. The van der Waals surface area contributed by atoms with E-state index in [4.69, 9.17) is 21.4 Å². The van der Waals surface area contributed by atoms with Gasteiger partial charge in [-0.2, -0.15) is 0 Å². The van der Waals surface area contributed by atoms with Crippen LogP contribution in [0.3, 0.4) is 0 Å². The lowest BCUT2D eigenvalue weighted by molar-refractivity contribution is 0.317. The SMILES string of the molecule is CCCOc1ccc(NC(=S)NCc2ccco2)cc1. The van der Waals surface area contributed by atoms with Crippen molar-refractivity contribution in [2.45, 2.75) is 19.9 Å². The molecule has 0 unspecified atom stereocenters. The summed E-state index contributed by atoms with van der Waals surface area (Å²) in [5.41, 5.74) is 0.922. The van der Waals surface area contributed by atoms with E-state index >= 15 is 0 Å². The fraction of sp³-hybridized carbons (Fsp3) is 0.267. The maximum Gasteiger partial charge on any atom is 0.171 e. The summed E-state index contributed by atoms with van der Waals surface area (Å²) in [4.78, 5) is 0. The van der Waals surface area contributed by atoms with E-state index in [0.717, 1.165) is 30.2 Å². The normalized spacial score (nSPS) is 10.1. The van der Waals surface area contributed by atoms with Crippen LogP contribution in [-0.4, -0.2) is 11.7 Å². The largest absolute Gasteiger partial charge is 0.494 e. The van der Waals surface area contributed by atoms with E-state index in [1.807, 2.05) is 36.4 Å². The summed E-state index contributed by atoms with van der Waals surface area (Å²) in [6, 6.07) is 11.5. The average molecular weight is 290 g/mol. The monoisotopic (exact) mass is 290 g/mol. The Labute approximate surface area is 124 Å². The highest BCUT2D eigenvalue weighted by molar-refractivity contribution is 7.80. The highest BCUT2D eigenvalue weighted by atomic mass is 32.1. The molecule has 2 rings (SSSR count). The van der Waals surface area contributed by atoms with Gasteiger partial charge >= 0.3 is 0 Å². The molecule has 4 nitrogen and oxygen atoms in total. The van der Waals surface area contributed by atoms with Gasteiger partial charge in [0.15, 0.2) is 5.11 Å². The van der Waals surface area contributed by atoms with Crippen molar-refractivity contribution >= 4 is 23.0 Å². The summed E-state index contributed by atoms with van der Waals surface area (Å²) in [7, 11) is 0. The molecule has 0 bridgehead atoms. The van der Waals surface area contributed by atoms with Gasteiger partial charge in [0.2, 0.25) is 0 Å². The first kappa shape index (κ1) is 14.4. The number of hydrogen-bond acceptors (Lipinski definition) is 3. The average Bonchev–Trinajstić information content (AvgIpc) is 2.98. The molecule has 0 atom stereocenters. The lowest BCUT2D eigenvalue weighted by Gasteiger charge is -2.10. The van der Waals surface area contributed by atoms with Crippen LogP contribution in [0.25, 0.3) is 0 Å². The third kappa shape index (κ3) is 4.59. The van der Waals surface area contributed by atoms with E-state index in [1.54, 1.807) is 6.26 Å². The Kier molecular flexibility index (Phi) is 5.43. The molecule has 5 heteroatoms.